The van der Waals surface area contributed by atoms with Crippen molar-refractivity contribution < 1.29 is 9.18 Å². The van der Waals surface area contributed by atoms with Crippen LogP contribution in [0.4, 0.5) is 10.2 Å². The first-order valence-electron chi connectivity index (χ1n) is 8.21. The van der Waals surface area contributed by atoms with Crippen LogP contribution >= 0.6 is 0 Å². The molecule has 0 radical (unpaired) electrons. The van der Waals surface area contributed by atoms with Crippen LogP contribution in [-0.2, 0) is 4.79 Å². The van der Waals surface area contributed by atoms with Crippen LogP contribution in [-0.4, -0.2) is 38.4 Å². The number of pyridine rings is 1. The van der Waals surface area contributed by atoms with Gasteiger partial charge in [-0.1, -0.05) is 0 Å². The van der Waals surface area contributed by atoms with E-state index < -0.39 is 5.82 Å². The molecule has 3 aromatic rings. The SMILES string of the molecule is O=C1NCCCCC1Nc1ccnc(-c2c[nH]c3ncc(F)cc23)n1. The molecule has 128 valence electrons. The Morgan fingerprint density at radius 1 is 1.28 bits per heavy atom. The summed E-state index contributed by atoms with van der Waals surface area (Å²) in [7, 11) is 0. The molecule has 1 amide bonds. The van der Waals surface area contributed by atoms with E-state index in [4.69, 9.17) is 0 Å². The number of nitrogens with one attached hydrogen (secondary N) is 3. The number of aromatic amines is 1. The van der Waals surface area contributed by atoms with Crippen molar-refractivity contribution in [3.8, 4) is 11.4 Å². The van der Waals surface area contributed by atoms with E-state index in [2.05, 4.69) is 30.6 Å². The van der Waals surface area contributed by atoms with Gasteiger partial charge in [0.25, 0.3) is 0 Å². The highest BCUT2D eigenvalue weighted by Gasteiger charge is 2.21. The zero-order chi connectivity index (χ0) is 17.2. The summed E-state index contributed by atoms with van der Waals surface area (Å²) in [5.41, 5.74) is 1.23. The quantitative estimate of drug-likeness (QED) is 0.680. The number of nitrogens with zero attached hydrogens (tertiary/aromatic N) is 3. The first kappa shape index (κ1) is 15.5. The number of H-pyrrole nitrogens is 1. The second-order valence-electron chi connectivity index (χ2n) is 6.00. The molecule has 25 heavy (non-hydrogen) atoms. The maximum Gasteiger partial charge on any atom is 0.242 e. The van der Waals surface area contributed by atoms with Gasteiger partial charge in [-0.25, -0.2) is 19.3 Å². The minimum absolute atomic E-state index is 0.0176. The summed E-state index contributed by atoms with van der Waals surface area (Å²) in [6.07, 6.45) is 7.19. The third kappa shape index (κ3) is 3.15. The number of aromatic nitrogens is 4. The average Bonchev–Trinajstić information content (AvgIpc) is 2.93. The van der Waals surface area contributed by atoms with Crippen LogP contribution in [0.15, 0.2) is 30.7 Å². The van der Waals surface area contributed by atoms with Gasteiger partial charge < -0.3 is 15.6 Å². The highest BCUT2D eigenvalue weighted by molar-refractivity contribution is 5.91. The molecule has 8 heteroatoms. The van der Waals surface area contributed by atoms with Gasteiger partial charge in [-0.15, -0.1) is 0 Å². The maximum absolute atomic E-state index is 13.5. The van der Waals surface area contributed by atoms with E-state index in [9.17, 15) is 9.18 Å². The Hall–Kier alpha value is -3.03. The van der Waals surface area contributed by atoms with Gasteiger partial charge in [0.05, 0.1) is 6.20 Å². The number of hydrogen-bond donors (Lipinski definition) is 3. The lowest BCUT2D eigenvalue weighted by Crippen LogP contribution is -2.38. The van der Waals surface area contributed by atoms with Crippen molar-refractivity contribution in [3.05, 3.63) is 36.5 Å². The van der Waals surface area contributed by atoms with Gasteiger partial charge in [0.2, 0.25) is 5.91 Å². The lowest BCUT2D eigenvalue weighted by atomic mass is 10.1. The van der Waals surface area contributed by atoms with Gasteiger partial charge in [0, 0.05) is 29.9 Å². The molecule has 1 atom stereocenters. The molecular weight excluding hydrogens is 323 g/mol. The number of rotatable bonds is 3. The van der Waals surface area contributed by atoms with Gasteiger partial charge in [-0.3, -0.25) is 4.79 Å². The second kappa shape index (κ2) is 6.46. The number of fused-ring (bicyclic) bond motifs is 1. The van der Waals surface area contributed by atoms with Gasteiger partial charge in [0.1, 0.15) is 23.3 Å². The van der Waals surface area contributed by atoms with Crippen LogP contribution in [0.1, 0.15) is 19.3 Å². The zero-order valence-corrected chi connectivity index (χ0v) is 13.4. The van der Waals surface area contributed by atoms with Crippen molar-refractivity contribution in [1.29, 1.82) is 0 Å². The first-order valence-corrected chi connectivity index (χ1v) is 8.21. The molecule has 0 aliphatic carbocycles. The molecular formula is C17H17FN6O. The fourth-order valence-corrected chi connectivity index (χ4v) is 2.99. The van der Waals surface area contributed by atoms with E-state index in [1.807, 2.05) is 0 Å². The van der Waals surface area contributed by atoms with Crippen molar-refractivity contribution in [1.82, 2.24) is 25.3 Å². The van der Waals surface area contributed by atoms with Crippen molar-refractivity contribution in [2.45, 2.75) is 25.3 Å². The number of hydrogen-bond acceptors (Lipinski definition) is 5. The number of amides is 1. The summed E-state index contributed by atoms with van der Waals surface area (Å²) in [6, 6.07) is 2.80. The fraction of sp³-hybridized carbons (Fsp3) is 0.294. The smallest absolute Gasteiger partial charge is 0.242 e. The summed E-state index contributed by atoms with van der Waals surface area (Å²) in [6.45, 7) is 0.708. The molecule has 1 fully saturated rings. The Bertz CT molecular complexity index is 924. The molecule has 1 unspecified atom stereocenters. The molecule has 4 rings (SSSR count). The van der Waals surface area contributed by atoms with Crippen LogP contribution in [0.5, 0.6) is 0 Å². The normalized spacial score (nSPS) is 18.0. The van der Waals surface area contributed by atoms with E-state index >= 15 is 0 Å². The number of carbonyl (C=O) groups excluding carboxylic acids is 1. The molecule has 3 N–H and O–H groups in total. The van der Waals surface area contributed by atoms with Gasteiger partial charge in [-0.2, -0.15) is 0 Å². The number of carbonyl (C=O) groups is 1. The van der Waals surface area contributed by atoms with E-state index in [-0.39, 0.29) is 11.9 Å². The van der Waals surface area contributed by atoms with Crippen LogP contribution in [0, 0.1) is 5.82 Å². The lowest BCUT2D eigenvalue weighted by Gasteiger charge is -2.15. The molecule has 0 aromatic carbocycles. The Morgan fingerprint density at radius 2 is 2.20 bits per heavy atom. The van der Waals surface area contributed by atoms with Crippen LogP contribution < -0.4 is 10.6 Å². The Labute approximate surface area is 143 Å². The summed E-state index contributed by atoms with van der Waals surface area (Å²) < 4.78 is 13.5. The third-order valence-corrected chi connectivity index (χ3v) is 4.25. The molecule has 1 aliphatic heterocycles. The minimum atomic E-state index is -0.419. The fourth-order valence-electron chi connectivity index (χ4n) is 2.99. The Kier molecular flexibility index (Phi) is 4.01. The lowest BCUT2D eigenvalue weighted by molar-refractivity contribution is -0.121. The monoisotopic (exact) mass is 340 g/mol. The summed E-state index contributed by atoms with van der Waals surface area (Å²) >= 11 is 0. The molecule has 0 saturated carbocycles. The maximum atomic E-state index is 13.5. The van der Waals surface area contributed by atoms with Gasteiger partial charge in [-0.05, 0) is 31.4 Å². The van der Waals surface area contributed by atoms with Crippen molar-refractivity contribution in [3.63, 3.8) is 0 Å². The zero-order valence-electron chi connectivity index (χ0n) is 13.4. The highest BCUT2D eigenvalue weighted by Crippen LogP contribution is 2.26. The molecule has 0 bridgehead atoms. The largest absolute Gasteiger partial charge is 0.358 e. The molecule has 7 nitrogen and oxygen atoms in total. The highest BCUT2D eigenvalue weighted by atomic mass is 19.1. The van der Waals surface area contributed by atoms with E-state index in [1.165, 1.54) is 6.07 Å². The van der Waals surface area contributed by atoms with Crippen LogP contribution in [0.2, 0.25) is 0 Å². The molecule has 0 spiro atoms. The summed E-state index contributed by atoms with van der Waals surface area (Å²) in [4.78, 5) is 27.8. The second-order valence-corrected chi connectivity index (χ2v) is 6.00. The summed E-state index contributed by atoms with van der Waals surface area (Å²) in [5.74, 6) is 0.567. The van der Waals surface area contributed by atoms with Crippen molar-refractivity contribution in [2.75, 3.05) is 11.9 Å². The first-order chi connectivity index (χ1) is 12.2. The van der Waals surface area contributed by atoms with Crippen molar-refractivity contribution >= 4 is 22.8 Å². The number of anilines is 1. The average molecular weight is 340 g/mol. The van der Waals surface area contributed by atoms with E-state index in [0.29, 0.717) is 34.8 Å². The molecule has 4 heterocycles. The Morgan fingerprint density at radius 3 is 3.12 bits per heavy atom. The van der Waals surface area contributed by atoms with Gasteiger partial charge >= 0.3 is 0 Å². The van der Waals surface area contributed by atoms with Crippen molar-refractivity contribution in [2.24, 2.45) is 0 Å². The van der Waals surface area contributed by atoms with E-state index in [1.54, 1.807) is 18.5 Å². The number of halogens is 1. The topological polar surface area (TPSA) is 95.6 Å². The summed E-state index contributed by atoms with van der Waals surface area (Å²) in [5, 5.41) is 6.67. The van der Waals surface area contributed by atoms with Crippen LogP contribution in [0.3, 0.4) is 0 Å². The van der Waals surface area contributed by atoms with E-state index in [0.717, 1.165) is 25.5 Å². The minimum Gasteiger partial charge on any atom is -0.358 e. The van der Waals surface area contributed by atoms with Gasteiger partial charge in [0.15, 0.2) is 5.82 Å². The third-order valence-electron chi connectivity index (χ3n) is 4.25. The Balaban J connectivity index is 1.64. The molecule has 1 saturated heterocycles. The molecule has 3 aromatic heterocycles. The molecule has 1 aliphatic rings. The standard InChI is InChI=1S/C17H17FN6O/c18-10-7-11-12(9-22-15(11)21-8-10)16-19-6-4-14(24-16)23-13-3-1-2-5-20-17(13)25/h4,6-9,13H,1-3,5H2,(H,20,25)(H,21,22)(H,19,23,24). The predicted octanol–water partition coefficient (Wildman–Crippen LogP) is 2.24. The van der Waals surface area contributed by atoms with Crippen LogP contribution in [0.25, 0.3) is 22.4 Å². The predicted molar refractivity (Wildman–Crippen MR) is 91.3 cm³/mol.